The summed E-state index contributed by atoms with van der Waals surface area (Å²) in [5.41, 5.74) is 9.36. The van der Waals surface area contributed by atoms with Gasteiger partial charge >= 0.3 is 0 Å². The zero-order valence-corrected chi connectivity index (χ0v) is 17.9. The maximum Gasteiger partial charge on any atom is 0.267 e. The molecule has 0 aliphatic rings. The number of amides is 3. The Hall–Kier alpha value is -3.71. The summed E-state index contributed by atoms with van der Waals surface area (Å²) < 4.78 is 0. The molecule has 168 valence electrons. The third-order valence-corrected chi connectivity index (χ3v) is 4.31. The van der Waals surface area contributed by atoms with Crippen molar-refractivity contribution in [2.24, 2.45) is 5.73 Å². The maximum absolute atomic E-state index is 12.2. The lowest BCUT2D eigenvalue weighted by atomic mass is 10.1. The van der Waals surface area contributed by atoms with E-state index in [1.54, 1.807) is 48.5 Å². The van der Waals surface area contributed by atoms with Gasteiger partial charge in [0.25, 0.3) is 11.8 Å². The number of rotatable bonds is 8. The normalized spacial score (nSPS) is 11.2. The van der Waals surface area contributed by atoms with Gasteiger partial charge < -0.3 is 21.7 Å². The summed E-state index contributed by atoms with van der Waals surface area (Å²) in [5, 5.41) is 17.0. The van der Waals surface area contributed by atoms with Crippen molar-refractivity contribution < 1.29 is 19.6 Å². The summed E-state index contributed by atoms with van der Waals surface area (Å²) in [7, 11) is 0. The second-order valence-corrected chi connectivity index (χ2v) is 7.23. The van der Waals surface area contributed by atoms with Gasteiger partial charge in [-0.25, -0.2) is 5.48 Å². The quantitative estimate of drug-likeness (QED) is 0.202. The molecule has 0 unspecified atom stereocenters. The summed E-state index contributed by atoms with van der Waals surface area (Å²) in [4.78, 5) is 35.5. The van der Waals surface area contributed by atoms with Gasteiger partial charge in [-0.3, -0.25) is 19.6 Å². The molecule has 0 fully saturated rings. The molecule has 0 radical (unpaired) electrons. The minimum atomic E-state index is -1.04. The molecule has 0 saturated heterocycles. The lowest BCUT2D eigenvalue weighted by molar-refractivity contribution is -0.130. The average molecular weight is 438 g/mol. The number of nitrogens with two attached hydrogens (primary N) is 1. The lowest BCUT2D eigenvalue weighted by Crippen LogP contribution is -2.50. The molecule has 9 nitrogen and oxygen atoms in total. The summed E-state index contributed by atoms with van der Waals surface area (Å²) in [6.45, 7) is 4.03. The first kappa shape index (κ1) is 24.6. The van der Waals surface area contributed by atoms with Crippen LogP contribution in [0.5, 0.6) is 0 Å². The van der Waals surface area contributed by atoms with Gasteiger partial charge in [0.1, 0.15) is 6.04 Å². The van der Waals surface area contributed by atoms with E-state index in [0.717, 1.165) is 5.56 Å². The number of hydroxylamine groups is 1. The van der Waals surface area contributed by atoms with Crippen molar-refractivity contribution in [3.05, 3.63) is 65.2 Å². The zero-order chi connectivity index (χ0) is 23.5. The van der Waals surface area contributed by atoms with Gasteiger partial charge in [-0.15, -0.1) is 0 Å². The van der Waals surface area contributed by atoms with Gasteiger partial charge in [0.05, 0.1) is 6.54 Å². The van der Waals surface area contributed by atoms with E-state index in [1.807, 2.05) is 13.8 Å². The Morgan fingerprint density at radius 3 is 2.03 bits per heavy atom. The van der Waals surface area contributed by atoms with Gasteiger partial charge in [-0.2, -0.15) is 0 Å². The second kappa shape index (κ2) is 12.2. The topological polar surface area (TPSA) is 146 Å². The van der Waals surface area contributed by atoms with Crippen LogP contribution in [0, 0.1) is 11.8 Å². The number of nitrogens with one attached hydrogen (secondary N) is 4. The molecule has 2 aromatic rings. The average Bonchev–Trinajstić information content (AvgIpc) is 2.80. The van der Waals surface area contributed by atoms with Crippen molar-refractivity contribution in [2.45, 2.75) is 25.9 Å². The number of carbonyl (C=O) groups is 3. The fourth-order valence-corrected chi connectivity index (χ4v) is 2.54. The molecule has 7 N–H and O–H groups in total. The number of carbonyl (C=O) groups excluding carboxylic acids is 3. The molecule has 0 saturated carbocycles. The first-order valence-corrected chi connectivity index (χ1v) is 10.0. The van der Waals surface area contributed by atoms with Crippen LogP contribution in [-0.2, 0) is 9.59 Å². The molecular weight excluding hydrogens is 410 g/mol. The number of benzene rings is 2. The fraction of sp³-hybridized carbons (Fsp3) is 0.261. The summed E-state index contributed by atoms with van der Waals surface area (Å²) in [6, 6.07) is 12.9. The van der Waals surface area contributed by atoms with Crippen LogP contribution in [0.25, 0.3) is 0 Å². The Balaban J connectivity index is 1.95. The van der Waals surface area contributed by atoms with Crippen LogP contribution in [0.4, 0.5) is 5.69 Å². The predicted octanol–water partition coefficient (Wildman–Crippen LogP) is 0.585. The smallest absolute Gasteiger partial charge is 0.267 e. The van der Waals surface area contributed by atoms with E-state index in [-0.39, 0.29) is 25.0 Å². The maximum atomic E-state index is 12.2. The molecule has 9 heteroatoms. The number of hydrogen-bond acceptors (Lipinski definition) is 6. The van der Waals surface area contributed by atoms with E-state index in [1.165, 1.54) is 5.48 Å². The lowest BCUT2D eigenvalue weighted by Gasteiger charge is -2.14. The largest absolute Gasteiger partial charge is 0.339 e. The Morgan fingerprint density at radius 2 is 1.53 bits per heavy atom. The van der Waals surface area contributed by atoms with Crippen LogP contribution in [0.3, 0.4) is 0 Å². The summed E-state index contributed by atoms with van der Waals surface area (Å²) >= 11 is 0. The minimum Gasteiger partial charge on any atom is -0.339 e. The van der Waals surface area contributed by atoms with Crippen molar-refractivity contribution >= 4 is 23.4 Å². The van der Waals surface area contributed by atoms with E-state index in [2.05, 4.69) is 27.8 Å². The molecule has 2 rings (SSSR count). The molecule has 0 aromatic heterocycles. The number of anilines is 1. The highest BCUT2D eigenvalue weighted by Crippen LogP contribution is 2.09. The van der Waals surface area contributed by atoms with Crippen LogP contribution < -0.4 is 27.2 Å². The fourth-order valence-electron chi connectivity index (χ4n) is 2.54. The summed E-state index contributed by atoms with van der Waals surface area (Å²) in [6.07, 6.45) is 0. The monoisotopic (exact) mass is 437 g/mol. The van der Waals surface area contributed by atoms with Crippen LogP contribution >= 0.6 is 0 Å². The highest BCUT2D eigenvalue weighted by Gasteiger charge is 2.19. The molecule has 0 spiro atoms. The van der Waals surface area contributed by atoms with Crippen molar-refractivity contribution in [2.75, 3.05) is 18.4 Å². The molecule has 0 aliphatic carbocycles. The van der Waals surface area contributed by atoms with Crippen molar-refractivity contribution in [1.29, 1.82) is 0 Å². The van der Waals surface area contributed by atoms with Gasteiger partial charge in [0.15, 0.2) is 0 Å². The van der Waals surface area contributed by atoms with E-state index in [0.29, 0.717) is 16.8 Å². The standard InChI is InChI=1S/C23H27N5O4/c1-15(2)25-14-21(29)26-19-11-7-17(8-12-19)4-3-16-5-9-18(10-6-16)22(30)27-20(13-24)23(31)28-32/h5-12,15,20,25,32H,13-14,24H2,1-2H3,(H,26,29)(H,27,30)(H,28,31)/t20-/m0/s1. The Morgan fingerprint density at radius 1 is 0.969 bits per heavy atom. The SMILES string of the molecule is CC(C)NCC(=O)Nc1ccc(C#Cc2ccc(C(=O)N[C@@H](CN)C(=O)NO)cc2)cc1. The van der Waals surface area contributed by atoms with Crippen molar-refractivity contribution in [3.63, 3.8) is 0 Å². The van der Waals surface area contributed by atoms with E-state index >= 15 is 0 Å². The van der Waals surface area contributed by atoms with Crippen LogP contribution in [0.15, 0.2) is 48.5 Å². The van der Waals surface area contributed by atoms with Crippen LogP contribution in [0.1, 0.15) is 35.3 Å². The molecule has 0 aliphatic heterocycles. The highest BCUT2D eigenvalue weighted by molar-refractivity contribution is 5.97. The van der Waals surface area contributed by atoms with Gasteiger partial charge in [-0.1, -0.05) is 25.7 Å². The number of hydrogen-bond donors (Lipinski definition) is 6. The van der Waals surface area contributed by atoms with E-state index in [4.69, 9.17) is 10.9 Å². The molecule has 3 amide bonds. The Kier molecular flexibility index (Phi) is 9.38. The third kappa shape index (κ3) is 7.85. The molecule has 32 heavy (non-hydrogen) atoms. The van der Waals surface area contributed by atoms with Crippen LogP contribution in [-0.4, -0.2) is 48.1 Å². The molecular formula is C23H27N5O4. The summed E-state index contributed by atoms with van der Waals surface area (Å²) in [5.74, 6) is 4.62. The predicted molar refractivity (Wildman–Crippen MR) is 121 cm³/mol. The molecule has 0 bridgehead atoms. The van der Waals surface area contributed by atoms with E-state index < -0.39 is 17.9 Å². The molecule has 2 aromatic carbocycles. The van der Waals surface area contributed by atoms with E-state index in [9.17, 15) is 14.4 Å². The molecule has 1 atom stereocenters. The Labute approximate surface area is 186 Å². The van der Waals surface area contributed by atoms with Gasteiger partial charge in [-0.05, 0) is 48.5 Å². The molecule has 0 heterocycles. The first-order valence-electron chi connectivity index (χ1n) is 10.0. The zero-order valence-electron chi connectivity index (χ0n) is 17.9. The second-order valence-electron chi connectivity index (χ2n) is 7.23. The van der Waals surface area contributed by atoms with Gasteiger partial charge in [0.2, 0.25) is 5.91 Å². The van der Waals surface area contributed by atoms with Gasteiger partial charge in [0, 0.05) is 35.0 Å². The first-order chi connectivity index (χ1) is 15.3. The van der Waals surface area contributed by atoms with Crippen molar-refractivity contribution in [3.8, 4) is 11.8 Å². The minimum absolute atomic E-state index is 0.114. The third-order valence-electron chi connectivity index (χ3n) is 4.31. The van der Waals surface area contributed by atoms with Crippen molar-refractivity contribution in [1.82, 2.24) is 16.1 Å². The van der Waals surface area contributed by atoms with Crippen LogP contribution in [0.2, 0.25) is 0 Å². The Bertz CT molecular complexity index is 992. The highest BCUT2D eigenvalue weighted by atomic mass is 16.5.